The summed E-state index contributed by atoms with van der Waals surface area (Å²) < 4.78 is 0. The van der Waals surface area contributed by atoms with Crippen LogP contribution in [0.5, 0.6) is 0 Å². The summed E-state index contributed by atoms with van der Waals surface area (Å²) in [5, 5.41) is 16.3. The molecule has 5 nitrogen and oxygen atoms in total. The first kappa shape index (κ1) is 13.0. The van der Waals surface area contributed by atoms with Crippen LogP contribution in [-0.2, 0) is 26.7 Å². The minimum absolute atomic E-state index is 0. The van der Waals surface area contributed by atoms with Crippen LogP contribution in [0.15, 0.2) is 0 Å². The van der Waals surface area contributed by atoms with E-state index in [1.807, 2.05) is 0 Å². The van der Waals surface area contributed by atoms with Crippen LogP contribution < -0.4 is 5.73 Å². The SMILES string of the molecule is NC(CCC(=O)O)C(=O)O.[Fe+3]. The number of aliphatic carboxylic acids is 2. The molecule has 0 aromatic rings. The maximum Gasteiger partial charge on any atom is 3.00 e. The first-order valence-electron chi connectivity index (χ1n) is 2.74. The summed E-state index contributed by atoms with van der Waals surface area (Å²) >= 11 is 0. The van der Waals surface area contributed by atoms with E-state index in [-0.39, 0.29) is 29.9 Å². The number of hydrogen-bond acceptors (Lipinski definition) is 3. The molecule has 0 aliphatic heterocycles. The van der Waals surface area contributed by atoms with E-state index in [4.69, 9.17) is 15.9 Å². The van der Waals surface area contributed by atoms with Crippen LogP contribution >= 0.6 is 0 Å². The second kappa shape index (κ2) is 6.15. The minimum Gasteiger partial charge on any atom is -0.481 e. The van der Waals surface area contributed by atoms with Gasteiger partial charge in [0, 0.05) is 6.42 Å². The van der Waals surface area contributed by atoms with E-state index in [1.54, 1.807) is 0 Å². The summed E-state index contributed by atoms with van der Waals surface area (Å²) in [6, 6.07) is -1.06. The number of nitrogens with two attached hydrogens (primary N) is 1. The van der Waals surface area contributed by atoms with Gasteiger partial charge in [-0.3, -0.25) is 9.59 Å². The van der Waals surface area contributed by atoms with Crippen molar-refractivity contribution in [1.82, 2.24) is 0 Å². The van der Waals surface area contributed by atoms with Gasteiger partial charge in [0.15, 0.2) is 0 Å². The van der Waals surface area contributed by atoms with E-state index in [1.165, 1.54) is 0 Å². The number of rotatable bonds is 4. The van der Waals surface area contributed by atoms with Gasteiger partial charge < -0.3 is 15.9 Å². The molecule has 0 aliphatic carbocycles. The molecule has 0 fully saturated rings. The summed E-state index contributed by atoms with van der Waals surface area (Å²) in [6.45, 7) is 0. The summed E-state index contributed by atoms with van der Waals surface area (Å²) in [7, 11) is 0. The van der Waals surface area contributed by atoms with E-state index in [2.05, 4.69) is 0 Å². The fourth-order valence-corrected chi connectivity index (χ4v) is 0.402. The molecule has 63 valence electrons. The normalized spacial score (nSPS) is 11.4. The average Bonchev–Trinajstić information content (AvgIpc) is 1.82. The quantitative estimate of drug-likeness (QED) is 0.522. The number of carboxylic acid groups (broad SMARTS) is 2. The van der Waals surface area contributed by atoms with Gasteiger partial charge in [0.2, 0.25) is 0 Å². The molecule has 1 radical (unpaired) electrons. The van der Waals surface area contributed by atoms with Gasteiger partial charge in [-0.1, -0.05) is 0 Å². The predicted molar refractivity (Wildman–Crippen MR) is 32.5 cm³/mol. The number of carbonyl (C=O) groups is 2. The zero-order valence-corrected chi connectivity index (χ0v) is 6.74. The van der Waals surface area contributed by atoms with Crippen molar-refractivity contribution in [2.45, 2.75) is 18.9 Å². The van der Waals surface area contributed by atoms with E-state index < -0.39 is 18.0 Å². The molecule has 0 amide bonds. The molecule has 0 spiro atoms. The zero-order chi connectivity index (χ0) is 8.15. The molecular formula is C5H9FeNO4+3. The third-order valence-electron chi connectivity index (χ3n) is 0.986. The monoisotopic (exact) mass is 203 g/mol. The molecule has 1 atom stereocenters. The van der Waals surface area contributed by atoms with Crippen molar-refractivity contribution in [3.63, 3.8) is 0 Å². The molecule has 4 N–H and O–H groups in total. The van der Waals surface area contributed by atoms with Crippen molar-refractivity contribution < 1.29 is 36.9 Å². The van der Waals surface area contributed by atoms with Crippen LogP contribution in [0, 0.1) is 0 Å². The fourth-order valence-electron chi connectivity index (χ4n) is 0.402. The van der Waals surface area contributed by atoms with Gasteiger partial charge in [-0.05, 0) is 6.42 Å². The van der Waals surface area contributed by atoms with Crippen molar-refractivity contribution in [2.75, 3.05) is 0 Å². The number of hydrogen-bond donors (Lipinski definition) is 3. The van der Waals surface area contributed by atoms with E-state index in [0.717, 1.165) is 0 Å². The van der Waals surface area contributed by atoms with E-state index in [0.29, 0.717) is 0 Å². The van der Waals surface area contributed by atoms with Crippen molar-refractivity contribution in [2.24, 2.45) is 5.73 Å². The van der Waals surface area contributed by atoms with Crippen LogP contribution in [0.1, 0.15) is 12.8 Å². The van der Waals surface area contributed by atoms with Gasteiger partial charge in [0.05, 0.1) is 0 Å². The van der Waals surface area contributed by atoms with Crippen LogP contribution in [0.2, 0.25) is 0 Å². The minimum atomic E-state index is -1.17. The van der Waals surface area contributed by atoms with Crippen molar-refractivity contribution in [3.8, 4) is 0 Å². The van der Waals surface area contributed by atoms with Gasteiger partial charge in [-0.2, -0.15) is 0 Å². The molecule has 0 heterocycles. The number of carboxylic acids is 2. The van der Waals surface area contributed by atoms with Crippen LogP contribution in [0.4, 0.5) is 0 Å². The molecule has 1 unspecified atom stereocenters. The largest absolute Gasteiger partial charge is 3.00 e. The average molecular weight is 203 g/mol. The molecule has 0 saturated carbocycles. The van der Waals surface area contributed by atoms with Crippen LogP contribution in [-0.4, -0.2) is 28.2 Å². The van der Waals surface area contributed by atoms with E-state index in [9.17, 15) is 9.59 Å². The van der Waals surface area contributed by atoms with E-state index >= 15 is 0 Å². The molecule has 6 heteroatoms. The molecule has 0 bridgehead atoms. The molecule has 0 aromatic carbocycles. The summed E-state index contributed by atoms with van der Waals surface area (Å²) in [5.41, 5.74) is 5.00. The van der Waals surface area contributed by atoms with Gasteiger partial charge in [-0.25, -0.2) is 0 Å². The Bertz CT molecular complexity index is 149. The first-order valence-corrected chi connectivity index (χ1v) is 2.74. The van der Waals surface area contributed by atoms with Crippen LogP contribution in [0.3, 0.4) is 0 Å². The van der Waals surface area contributed by atoms with Gasteiger partial charge in [0.25, 0.3) is 0 Å². The van der Waals surface area contributed by atoms with Crippen molar-refractivity contribution >= 4 is 11.9 Å². The maximum absolute atomic E-state index is 9.99. The third-order valence-corrected chi connectivity index (χ3v) is 0.986. The molecule has 0 saturated heterocycles. The zero-order valence-electron chi connectivity index (χ0n) is 5.63. The summed E-state index contributed by atoms with van der Waals surface area (Å²) in [4.78, 5) is 19.9. The maximum atomic E-state index is 9.99. The Hall–Kier alpha value is -0.581. The topological polar surface area (TPSA) is 101 Å². The van der Waals surface area contributed by atoms with Crippen molar-refractivity contribution in [3.05, 3.63) is 0 Å². The Morgan fingerprint density at radius 1 is 1.36 bits per heavy atom. The second-order valence-corrected chi connectivity index (χ2v) is 1.88. The van der Waals surface area contributed by atoms with Gasteiger partial charge in [0.1, 0.15) is 6.04 Å². The molecule has 0 aliphatic rings. The predicted octanol–water partition coefficient (Wildman–Crippen LogP) is -0.739. The Kier molecular flexibility index (Phi) is 7.29. The third kappa shape index (κ3) is 7.31. The summed E-state index contributed by atoms with van der Waals surface area (Å²) in [6.07, 6.45) is -0.224. The Morgan fingerprint density at radius 3 is 2.09 bits per heavy atom. The van der Waals surface area contributed by atoms with Gasteiger partial charge in [-0.15, -0.1) is 0 Å². The molecular weight excluding hydrogens is 194 g/mol. The fraction of sp³-hybridized carbons (Fsp3) is 0.600. The van der Waals surface area contributed by atoms with Crippen LogP contribution in [0.25, 0.3) is 0 Å². The Morgan fingerprint density at radius 2 is 1.82 bits per heavy atom. The summed E-state index contributed by atoms with van der Waals surface area (Å²) in [5.74, 6) is -2.20. The second-order valence-electron chi connectivity index (χ2n) is 1.88. The molecule has 11 heavy (non-hydrogen) atoms. The Labute approximate surface area is 74.0 Å². The molecule has 0 aromatic heterocycles. The Balaban J connectivity index is 0. The first-order chi connectivity index (χ1) is 4.54. The van der Waals surface area contributed by atoms with Crippen molar-refractivity contribution in [1.29, 1.82) is 0 Å². The molecule has 0 rings (SSSR count). The standard InChI is InChI=1S/C5H9NO4.Fe/c6-3(5(9)10)1-2-4(7)8;/h3H,1-2,6H2,(H,7,8)(H,9,10);/q;+3. The smallest absolute Gasteiger partial charge is 0.481 e. The van der Waals surface area contributed by atoms with Gasteiger partial charge >= 0.3 is 29.0 Å².